The summed E-state index contributed by atoms with van der Waals surface area (Å²) in [5.74, 6) is 10.9. The van der Waals surface area contributed by atoms with Crippen molar-refractivity contribution in [3.05, 3.63) is 47.6 Å². The van der Waals surface area contributed by atoms with Crippen LogP contribution in [0.1, 0.15) is 443 Å². The van der Waals surface area contributed by atoms with Gasteiger partial charge in [0.2, 0.25) is 0 Å². The van der Waals surface area contributed by atoms with E-state index in [1.54, 1.807) is 11.1 Å². The molecule has 116 heavy (non-hydrogen) atoms. The van der Waals surface area contributed by atoms with Gasteiger partial charge < -0.3 is 38.4 Å². The van der Waals surface area contributed by atoms with E-state index in [1.165, 1.54) is 334 Å². The standard InChI is InChI=1S/C55H101NO3.C53H96O4/c1-9-10-11-12-13-14-15-16-17-18-19-20-21-22-23-26-39-57-43-48(56(7)8)44-58-40-27-24-25-28-41-59-49-35-37-54(5)47(42-49)31-32-50-52-34-33-51(46(4)30-29-45(2)3)55(52,6)38-36-53(50)54;1-7-8-9-10-11-12-13-14-15-16-17-18-19-20-21-24-37-55-41-46(54)42-56-38-25-22-23-26-39-57-47-33-35-52(5)45(40-47)29-30-48-50-32-31-49(44(4)28-27-43(2)3)53(50,6)36-34-51(48)52/h16-17,31,45-46,48-53H,9-15,18-30,32-44H2,1-8H3;14-15,29,43-44,46-51,54H,7-13,16-28,30-42H2,1-6H3/b17-16-;15-14-/t46-,48+,49+,50+,51-,52?,53?,54+,55-;44-,46-,47+,48+,49-,50?,51?,52+,53-/m11/s1. The molecule has 8 nitrogen and oxygen atoms in total. The molecule has 6 saturated carbocycles. The third-order valence-electron chi connectivity index (χ3n) is 32.7. The number of likely N-dealkylation sites (N-methyl/N-ethyl adjacent to an activating group) is 1. The highest BCUT2D eigenvalue weighted by molar-refractivity contribution is 5.27. The van der Waals surface area contributed by atoms with Crippen molar-refractivity contribution in [2.45, 2.75) is 467 Å². The number of hydrogen-bond acceptors (Lipinski definition) is 8. The lowest BCUT2D eigenvalue weighted by atomic mass is 9.47. The number of fused-ring (bicyclic) bond motifs is 10. The van der Waals surface area contributed by atoms with Crippen molar-refractivity contribution in [3.8, 4) is 0 Å². The maximum absolute atomic E-state index is 10.3. The fourth-order valence-electron chi connectivity index (χ4n) is 25.1. The van der Waals surface area contributed by atoms with Crippen LogP contribution < -0.4 is 0 Å². The molecule has 8 aliphatic carbocycles. The number of unbranched alkanes of at least 4 members (excludes halogenated alkanes) is 30. The molecule has 676 valence electrons. The second-order valence-corrected chi connectivity index (χ2v) is 42.6. The Bertz CT molecular complexity index is 2590. The van der Waals surface area contributed by atoms with Gasteiger partial charge in [-0.3, -0.25) is 0 Å². The molecular formula is C108H197NO7. The van der Waals surface area contributed by atoms with E-state index < -0.39 is 6.10 Å². The molecule has 0 saturated heterocycles. The number of rotatable bonds is 65. The molecule has 0 spiro atoms. The Balaban J connectivity index is 0.000000321. The van der Waals surface area contributed by atoms with E-state index in [0.29, 0.717) is 53.1 Å². The van der Waals surface area contributed by atoms with Crippen molar-refractivity contribution < 1.29 is 33.5 Å². The van der Waals surface area contributed by atoms with Crippen LogP contribution >= 0.6 is 0 Å². The quantitative estimate of drug-likeness (QED) is 0.0477. The number of ether oxygens (including phenoxy) is 6. The van der Waals surface area contributed by atoms with E-state index in [4.69, 9.17) is 28.4 Å². The van der Waals surface area contributed by atoms with E-state index in [0.717, 1.165) is 150 Å². The monoisotopic (exact) mass is 1620 g/mol. The van der Waals surface area contributed by atoms with Crippen LogP contribution in [0.2, 0.25) is 0 Å². The Hall–Kier alpha value is -1.36. The smallest absolute Gasteiger partial charge is 0.101 e. The van der Waals surface area contributed by atoms with Gasteiger partial charge >= 0.3 is 0 Å². The van der Waals surface area contributed by atoms with Crippen LogP contribution in [0.3, 0.4) is 0 Å². The molecule has 8 heteroatoms. The predicted octanol–water partition coefficient (Wildman–Crippen LogP) is 30.6. The number of allylic oxidation sites excluding steroid dienone is 6. The zero-order chi connectivity index (χ0) is 83.1. The first-order valence-electron chi connectivity index (χ1n) is 51.9. The minimum Gasteiger partial charge on any atom is -0.388 e. The molecule has 8 rings (SSSR count). The van der Waals surface area contributed by atoms with Crippen LogP contribution in [-0.2, 0) is 28.4 Å². The van der Waals surface area contributed by atoms with E-state index in [2.05, 4.69) is 139 Å². The molecule has 18 atom stereocenters. The van der Waals surface area contributed by atoms with Gasteiger partial charge in [-0.15, -0.1) is 0 Å². The van der Waals surface area contributed by atoms with Gasteiger partial charge in [0.15, 0.2) is 0 Å². The molecule has 8 aliphatic rings. The van der Waals surface area contributed by atoms with Crippen molar-refractivity contribution in [1.29, 1.82) is 0 Å². The molecule has 0 aliphatic heterocycles. The fraction of sp³-hybridized carbons (Fsp3) is 0.926. The van der Waals surface area contributed by atoms with E-state index in [9.17, 15) is 5.11 Å². The Morgan fingerprint density at radius 1 is 0.371 bits per heavy atom. The molecule has 0 heterocycles. The largest absolute Gasteiger partial charge is 0.388 e. The summed E-state index contributed by atoms with van der Waals surface area (Å²) in [5, 5.41) is 10.3. The average Bonchev–Trinajstić information content (AvgIpc) is 1.37. The summed E-state index contributed by atoms with van der Waals surface area (Å²) in [5.41, 5.74) is 5.52. The first-order chi connectivity index (χ1) is 56.3. The van der Waals surface area contributed by atoms with Crippen LogP contribution in [0, 0.1) is 92.7 Å². The average molecular weight is 1620 g/mol. The molecule has 0 aromatic heterocycles. The zero-order valence-electron chi connectivity index (χ0n) is 79.7. The highest BCUT2D eigenvalue weighted by Crippen LogP contribution is 2.69. The van der Waals surface area contributed by atoms with Gasteiger partial charge in [0.1, 0.15) is 6.10 Å². The van der Waals surface area contributed by atoms with Gasteiger partial charge in [-0.1, -0.05) is 298 Å². The highest BCUT2D eigenvalue weighted by atomic mass is 16.5. The lowest BCUT2D eigenvalue weighted by molar-refractivity contribution is -0.0642. The first kappa shape index (κ1) is 102. The maximum atomic E-state index is 10.3. The minimum absolute atomic E-state index is 0.335. The highest BCUT2D eigenvalue weighted by Gasteiger charge is 2.61. The molecule has 0 aromatic rings. The predicted molar refractivity (Wildman–Crippen MR) is 499 cm³/mol. The lowest BCUT2D eigenvalue weighted by Crippen LogP contribution is -2.51. The number of hydrogen-bond donors (Lipinski definition) is 1. The summed E-state index contributed by atoms with van der Waals surface area (Å²) in [6, 6.07) is 0.335. The van der Waals surface area contributed by atoms with Gasteiger partial charge in [-0.05, 0) is 299 Å². The molecular weight excluding hydrogens is 1420 g/mol. The Morgan fingerprint density at radius 3 is 1.03 bits per heavy atom. The van der Waals surface area contributed by atoms with Gasteiger partial charge in [0, 0.05) is 39.6 Å². The zero-order valence-corrected chi connectivity index (χ0v) is 79.7. The van der Waals surface area contributed by atoms with Crippen LogP contribution in [0.4, 0.5) is 0 Å². The van der Waals surface area contributed by atoms with Crippen molar-refractivity contribution in [2.75, 3.05) is 80.2 Å². The van der Waals surface area contributed by atoms with E-state index in [-0.39, 0.29) is 0 Å². The summed E-state index contributed by atoms with van der Waals surface area (Å²) in [6.45, 7) is 37.5. The van der Waals surface area contributed by atoms with Crippen LogP contribution in [0.5, 0.6) is 0 Å². The molecule has 0 radical (unpaired) electrons. The molecule has 1 N–H and O–H groups in total. The van der Waals surface area contributed by atoms with Crippen LogP contribution in [-0.4, -0.2) is 115 Å². The Labute approximate surface area is 721 Å². The molecule has 4 unspecified atom stereocenters. The van der Waals surface area contributed by atoms with Crippen molar-refractivity contribution in [2.24, 2.45) is 92.7 Å². The van der Waals surface area contributed by atoms with Gasteiger partial charge in [-0.2, -0.15) is 0 Å². The normalized spacial score (nSPS) is 29.4. The topological polar surface area (TPSA) is 78.9 Å². The molecule has 0 bridgehead atoms. The summed E-state index contributed by atoms with van der Waals surface area (Å²) in [4.78, 5) is 2.26. The molecule has 0 amide bonds. The summed E-state index contributed by atoms with van der Waals surface area (Å²) < 4.78 is 36.9. The van der Waals surface area contributed by atoms with Crippen molar-refractivity contribution in [3.63, 3.8) is 0 Å². The second-order valence-electron chi connectivity index (χ2n) is 42.6. The fourth-order valence-corrected chi connectivity index (χ4v) is 25.1. The van der Waals surface area contributed by atoms with Gasteiger partial charge in [0.25, 0.3) is 0 Å². The number of aliphatic hydroxyl groups excluding tert-OH is 1. The summed E-state index contributed by atoms with van der Waals surface area (Å²) in [7, 11) is 4.31. The summed E-state index contributed by atoms with van der Waals surface area (Å²) >= 11 is 0. The molecule has 6 fully saturated rings. The third-order valence-corrected chi connectivity index (χ3v) is 32.7. The Kier molecular flexibility index (Phi) is 50.9. The lowest BCUT2D eigenvalue weighted by Gasteiger charge is -2.58. The van der Waals surface area contributed by atoms with Crippen LogP contribution in [0.15, 0.2) is 47.6 Å². The molecule has 0 aromatic carbocycles. The SMILES string of the molecule is CCCCCCCC/C=C\CCCCCCCCOC[C@@H](COCCCCCCO[C@H]1CC[C@@]2(C)C(=CC[C@@H]3C2CC[C@@]2(C)C3CC[C@@H]2[C@H](C)CCC(C)C)C1)N(C)C.CCCCCCCC/C=C\CCCCCCCCOC[C@@H](O)COCCCCCCO[C@H]1CC[C@@]2(C)C(=CC[C@@H]3C2CC[C@@]2(C)C3CC[C@@H]2[C@H](C)CCC(C)C)C1. The van der Waals surface area contributed by atoms with E-state index >= 15 is 0 Å². The second kappa shape index (κ2) is 58.0. The van der Waals surface area contributed by atoms with Gasteiger partial charge in [0.05, 0.1) is 44.7 Å². The maximum Gasteiger partial charge on any atom is 0.101 e. The third kappa shape index (κ3) is 34.9. The Morgan fingerprint density at radius 2 is 0.690 bits per heavy atom. The number of aliphatic hydroxyl groups is 1. The number of nitrogens with zero attached hydrogens (tertiary/aromatic N) is 1. The summed E-state index contributed by atoms with van der Waals surface area (Å²) in [6.07, 6.45) is 89.8. The van der Waals surface area contributed by atoms with Crippen LogP contribution in [0.25, 0.3) is 0 Å². The first-order valence-corrected chi connectivity index (χ1v) is 51.9. The minimum atomic E-state index is -0.517. The van der Waals surface area contributed by atoms with Crippen molar-refractivity contribution in [1.82, 2.24) is 4.90 Å². The van der Waals surface area contributed by atoms with Gasteiger partial charge in [-0.25, -0.2) is 0 Å². The van der Waals surface area contributed by atoms with Crippen molar-refractivity contribution >= 4 is 0 Å². The van der Waals surface area contributed by atoms with E-state index in [1.807, 2.05) is 0 Å².